The van der Waals surface area contributed by atoms with E-state index in [0.717, 1.165) is 37.8 Å². The van der Waals surface area contributed by atoms with E-state index in [4.69, 9.17) is 0 Å². The van der Waals surface area contributed by atoms with Crippen LogP contribution in [0.25, 0.3) is 0 Å². The smallest absolute Gasteiger partial charge is 0.225 e. The first-order chi connectivity index (χ1) is 13.1. The van der Waals surface area contributed by atoms with E-state index in [1.807, 2.05) is 41.3 Å². The summed E-state index contributed by atoms with van der Waals surface area (Å²) in [7, 11) is 0. The van der Waals surface area contributed by atoms with Crippen molar-refractivity contribution in [3.8, 4) is 0 Å². The fraction of sp³-hybridized carbons (Fsp3) is 0.391. The molecule has 2 aromatic carbocycles. The van der Waals surface area contributed by atoms with Crippen LogP contribution in [0.1, 0.15) is 49.8 Å². The monoisotopic (exact) mass is 364 g/mol. The summed E-state index contributed by atoms with van der Waals surface area (Å²) in [6, 6.07) is 20.2. The Balaban J connectivity index is 1.62. The van der Waals surface area contributed by atoms with Crippen LogP contribution in [-0.4, -0.2) is 29.3 Å². The number of carbonyl (C=O) groups excluding carboxylic acids is 2. The molecular formula is C23H28N2O2. The van der Waals surface area contributed by atoms with Gasteiger partial charge in [0.05, 0.1) is 12.5 Å². The Labute approximate surface area is 161 Å². The molecule has 27 heavy (non-hydrogen) atoms. The molecule has 1 fully saturated rings. The molecule has 0 aliphatic carbocycles. The van der Waals surface area contributed by atoms with Crippen LogP contribution in [-0.2, 0) is 16.0 Å². The molecule has 0 radical (unpaired) electrons. The number of likely N-dealkylation sites (tertiary alicyclic amines) is 1. The Morgan fingerprint density at radius 1 is 1.07 bits per heavy atom. The first-order valence-corrected chi connectivity index (χ1v) is 9.79. The van der Waals surface area contributed by atoms with Crippen LogP contribution >= 0.6 is 0 Å². The lowest BCUT2D eigenvalue weighted by Gasteiger charge is -2.27. The Kier molecular flexibility index (Phi) is 6.64. The van der Waals surface area contributed by atoms with Crippen molar-refractivity contribution in [2.24, 2.45) is 0 Å². The van der Waals surface area contributed by atoms with E-state index in [9.17, 15) is 9.59 Å². The van der Waals surface area contributed by atoms with E-state index in [1.54, 1.807) is 0 Å². The molecule has 1 heterocycles. The van der Waals surface area contributed by atoms with Crippen LogP contribution in [0, 0.1) is 0 Å². The number of hydrogen-bond donors (Lipinski definition) is 1. The minimum absolute atomic E-state index is 0.112. The summed E-state index contributed by atoms with van der Waals surface area (Å²) in [5.74, 6) is 0.0202. The summed E-state index contributed by atoms with van der Waals surface area (Å²) in [6.07, 6.45) is 4.41. The van der Waals surface area contributed by atoms with Crippen molar-refractivity contribution < 1.29 is 9.59 Å². The summed E-state index contributed by atoms with van der Waals surface area (Å²) in [5, 5.41) is 2.94. The fourth-order valence-electron chi connectivity index (χ4n) is 3.92. The van der Waals surface area contributed by atoms with Crippen molar-refractivity contribution in [2.45, 2.75) is 51.1 Å². The number of nitrogens with one attached hydrogen (secondary N) is 1. The molecule has 3 rings (SSSR count). The standard InChI is InChI=1S/C23H28N2O2/c1-18(26)24-22(20-11-6-3-7-12-20)17-23(27)25-16-8-13-21(25)15-14-19-9-4-2-5-10-19/h2-7,9-12,21-22H,8,13-17H2,1H3,(H,24,26). The summed E-state index contributed by atoms with van der Waals surface area (Å²) in [5.41, 5.74) is 2.29. The van der Waals surface area contributed by atoms with E-state index in [-0.39, 0.29) is 17.9 Å². The molecule has 0 saturated carbocycles. The van der Waals surface area contributed by atoms with Crippen molar-refractivity contribution in [1.29, 1.82) is 0 Å². The highest BCUT2D eigenvalue weighted by atomic mass is 16.2. The van der Waals surface area contributed by atoms with E-state index >= 15 is 0 Å². The van der Waals surface area contributed by atoms with Gasteiger partial charge in [-0.3, -0.25) is 9.59 Å². The van der Waals surface area contributed by atoms with Gasteiger partial charge in [-0.2, -0.15) is 0 Å². The van der Waals surface area contributed by atoms with Crippen LogP contribution in [0.4, 0.5) is 0 Å². The first-order valence-electron chi connectivity index (χ1n) is 9.79. The molecule has 1 aliphatic rings. The van der Waals surface area contributed by atoms with Crippen molar-refractivity contribution in [3.05, 3.63) is 71.8 Å². The average Bonchev–Trinajstić information content (AvgIpc) is 3.16. The van der Waals surface area contributed by atoms with Crippen LogP contribution < -0.4 is 5.32 Å². The van der Waals surface area contributed by atoms with Crippen LogP contribution in [0.5, 0.6) is 0 Å². The Morgan fingerprint density at radius 3 is 2.41 bits per heavy atom. The highest BCUT2D eigenvalue weighted by Crippen LogP contribution is 2.25. The molecule has 2 atom stereocenters. The predicted molar refractivity (Wildman–Crippen MR) is 107 cm³/mol. The molecule has 2 aromatic rings. The lowest BCUT2D eigenvalue weighted by atomic mass is 10.0. The number of carbonyl (C=O) groups is 2. The van der Waals surface area contributed by atoms with Gasteiger partial charge in [-0.15, -0.1) is 0 Å². The Morgan fingerprint density at radius 2 is 1.74 bits per heavy atom. The van der Waals surface area contributed by atoms with Gasteiger partial charge in [0, 0.05) is 19.5 Å². The van der Waals surface area contributed by atoms with Gasteiger partial charge in [-0.1, -0.05) is 60.7 Å². The van der Waals surface area contributed by atoms with Gasteiger partial charge in [0.25, 0.3) is 0 Å². The molecule has 0 bridgehead atoms. The zero-order valence-corrected chi connectivity index (χ0v) is 15.9. The predicted octanol–water partition coefficient (Wildman–Crippen LogP) is 3.88. The van der Waals surface area contributed by atoms with E-state index < -0.39 is 0 Å². The number of rotatable bonds is 7. The summed E-state index contributed by atoms with van der Waals surface area (Å²) < 4.78 is 0. The van der Waals surface area contributed by atoms with Gasteiger partial charge in [0.2, 0.25) is 11.8 Å². The quantitative estimate of drug-likeness (QED) is 0.811. The Bertz CT molecular complexity index is 745. The van der Waals surface area contributed by atoms with Gasteiger partial charge >= 0.3 is 0 Å². The van der Waals surface area contributed by atoms with Crippen molar-refractivity contribution in [1.82, 2.24) is 10.2 Å². The maximum atomic E-state index is 13.0. The van der Waals surface area contributed by atoms with Crippen molar-refractivity contribution in [2.75, 3.05) is 6.54 Å². The third kappa shape index (κ3) is 5.43. The number of benzene rings is 2. The summed E-state index contributed by atoms with van der Waals surface area (Å²) in [4.78, 5) is 26.7. The van der Waals surface area contributed by atoms with Crippen molar-refractivity contribution in [3.63, 3.8) is 0 Å². The van der Waals surface area contributed by atoms with Crippen LogP contribution in [0.15, 0.2) is 60.7 Å². The van der Waals surface area contributed by atoms with Gasteiger partial charge in [-0.25, -0.2) is 0 Å². The van der Waals surface area contributed by atoms with Gasteiger partial charge in [-0.05, 0) is 36.8 Å². The number of nitrogens with zero attached hydrogens (tertiary/aromatic N) is 1. The van der Waals surface area contributed by atoms with Crippen molar-refractivity contribution >= 4 is 11.8 Å². The molecule has 4 heteroatoms. The molecular weight excluding hydrogens is 336 g/mol. The zero-order chi connectivity index (χ0) is 19.1. The Hall–Kier alpha value is -2.62. The molecule has 1 N–H and O–H groups in total. The summed E-state index contributed by atoms with van der Waals surface area (Å²) in [6.45, 7) is 2.32. The second-order valence-electron chi connectivity index (χ2n) is 7.28. The maximum absolute atomic E-state index is 13.0. The molecule has 2 amide bonds. The minimum atomic E-state index is -0.272. The highest BCUT2D eigenvalue weighted by Gasteiger charge is 2.30. The first kappa shape index (κ1) is 19.2. The fourth-order valence-corrected chi connectivity index (χ4v) is 3.92. The van der Waals surface area contributed by atoms with E-state index in [1.165, 1.54) is 12.5 Å². The second-order valence-corrected chi connectivity index (χ2v) is 7.28. The van der Waals surface area contributed by atoms with Gasteiger partial charge in [0.1, 0.15) is 0 Å². The minimum Gasteiger partial charge on any atom is -0.349 e. The average molecular weight is 364 g/mol. The van der Waals surface area contributed by atoms with Gasteiger partial charge in [0.15, 0.2) is 0 Å². The largest absolute Gasteiger partial charge is 0.349 e. The molecule has 142 valence electrons. The highest BCUT2D eigenvalue weighted by molar-refractivity contribution is 5.79. The normalized spacial score (nSPS) is 17.5. The molecule has 1 saturated heterocycles. The molecule has 1 aliphatic heterocycles. The lowest BCUT2D eigenvalue weighted by Crippen LogP contribution is -2.39. The maximum Gasteiger partial charge on any atom is 0.225 e. The zero-order valence-electron chi connectivity index (χ0n) is 15.9. The molecule has 4 nitrogen and oxygen atoms in total. The topological polar surface area (TPSA) is 49.4 Å². The lowest BCUT2D eigenvalue weighted by molar-refractivity contribution is -0.133. The third-order valence-electron chi connectivity index (χ3n) is 5.26. The van der Waals surface area contributed by atoms with E-state index in [2.05, 4.69) is 29.6 Å². The molecule has 2 unspecified atom stereocenters. The second kappa shape index (κ2) is 9.36. The number of aryl methyl sites for hydroxylation is 1. The third-order valence-corrected chi connectivity index (χ3v) is 5.26. The summed E-state index contributed by atoms with van der Waals surface area (Å²) >= 11 is 0. The number of amides is 2. The number of hydrogen-bond acceptors (Lipinski definition) is 2. The van der Waals surface area contributed by atoms with E-state index in [0.29, 0.717) is 12.5 Å². The SMILES string of the molecule is CC(=O)NC(CC(=O)N1CCCC1CCc1ccccc1)c1ccccc1. The molecule has 0 spiro atoms. The van der Waals surface area contributed by atoms with Gasteiger partial charge < -0.3 is 10.2 Å². The van der Waals surface area contributed by atoms with Crippen LogP contribution in [0.2, 0.25) is 0 Å². The molecule has 0 aromatic heterocycles. The van der Waals surface area contributed by atoms with Crippen LogP contribution in [0.3, 0.4) is 0 Å².